The van der Waals surface area contributed by atoms with E-state index in [4.69, 9.17) is 0 Å². The fourth-order valence-corrected chi connectivity index (χ4v) is 2.55. The minimum Gasteiger partial charge on any atom is -0.367 e. The molecule has 1 aliphatic rings. The molecule has 0 aliphatic heterocycles. The van der Waals surface area contributed by atoms with Gasteiger partial charge in [0.2, 0.25) is 0 Å². The molecule has 0 aromatic carbocycles. The van der Waals surface area contributed by atoms with E-state index in [-0.39, 0.29) is 5.91 Å². The summed E-state index contributed by atoms with van der Waals surface area (Å²) in [4.78, 5) is 15.9. The van der Waals surface area contributed by atoms with Gasteiger partial charge in [-0.2, -0.15) is 0 Å². The van der Waals surface area contributed by atoms with Crippen molar-refractivity contribution in [1.29, 1.82) is 0 Å². The number of nitrogens with zero attached hydrogens (tertiary/aromatic N) is 2. The van der Waals surface area contributed by atoms with E-state index < -0.39 is 0 Å². The molecule has 1 amide bonds. The Labute approximate surface area is 105 Å². The minimum absolute atomic E-state index is 0.110. The van der Waals surface area contributed by atoms with Gasteiger partial charge >= 0.3 is 0 Å². The summed E-state index contributed by atoms with van der Waals surface area (Å²) in [5.74, 6) is 0.110. The standard InChI is InChI=1S/C14H26N2O/c1-5-13(14(17)15(2)3)16(4)12-10-8-6-7-9-11-12/h5,12H,6-11H2,1-4H3. The number of hydrogen-bond donors (Lipinski definition) is 0. The van der Waals surface area contributed by atoms with Gasteiger partial charge in [-0.05, 0) is 19.8 Å². The molecule has 1 rings (SSSR count). The summed E-state index contributed by atoms with van der Waals surface area (Å²) in [6, 6.07) is 0.535. The number of allylic oxidation sites excluding steroid dienone is 1. The van der Waals surface area contributed by atoms with Gasteiger partial charge in [-0.3, -0.25) is 4.79 Å². The van der Waals surface area contributed by atoms with Crippen molar-refractivity contribution in [3.8, 4) is 0 Å². The van der Waals surface area contributed by atoms with Gasteiger partial charge in [0.05, 0.1) is 5.70 Å². The van der Waals surface area contributed by atoms with E-state index >= 15 is 0 Å². The van der Waals surface area contributed by atoms with Gasteiger partial charge in [0.25, 0.3) is 5.91 Å². The van der Waals surface area contributed by atoms with Crippen molar-refractivity contribution in [1.82, 2.24) is 9.80 Å². The normalized spacial score (nSPS) is 18.7. The van der Waals surface area contributed by atoms with Crippen LogP contribution in [-0.2, 0) is 4.79 Å². The third-order valence-electron chi connectivity index (χ3n) is 3.65. The monoisotopic (exact) mass is 238 g/mol. The summed E-state index contributed by atoms with van der Waals surface area (Å²) in [6.07, 6.45) is 9.65. The van der Waals surface area contributed by atoms with Crippen LogP contribution in [0, 0.1) is 0 Å². The maximum absolute atomic E-state index is 12.1. The molecular weight excluding hydrogens is 212 g/mol. The van der Waals surface area contributed by atoms with E-state index in [1.54, 1.807) is 4.90 Å². The van der Waals surface area contributed by atoms with Crippen LogP contribution in [0.4, 0.5) is 0 Å². The predicted molar refractivity (Wildman–Crippen MR) is 71.7 cm³/mol. The average molecular weight is 238 g/mol. The van der Waals surface area contributed by atoms with Crippen LogP contribution < -0.4 is 0 Å². The third-order valence-corrected chi connectivity index (χ3v) is 3.65. The first-order valence-electron chi connectivity index (χ1n) is 6.68. The van der Waals surface area contributed by atoms with Gasteiger partial charge in [-0.1, -0.05) is 31.8 Å². The molecule has 0 bridgehead atoms. The zero-order valence-electron chi connectivity index (χ0n) is 11.7. The first-order chi connectivity index (χ1) is 8.07. The number of amides is 1. The van der Waals surface area contributed by atoms with Crippen molar-refractivity contribution in [2.45, 2.75) is 51.5 Å². The van der Waals surface area contributed by atoms with E-state index in [1.165, 1.54) is 38.5 Å². The summed E-state index contributed by atoms with van der Waals surface area (Å²) in [5, 5.41) is 0. The topological polar surface area (TPSA) is 23.6 Å². The number of rotatable bonds is 3. The number of carbonyl (C=O) groups excluding carboxylic acids is 1. The van der Waals surface area contributed by atoms with Gasteiger partial charge in [-0.25, -0.2) is 0 Å². The summed E-state index contributed by atoms with van der Waals surface area (Å²) in [7, 11) is 5.69. The van der Waals surface area contributed by atoms with Crippen LogP contribution in [0.25, 0.3) is 0 Å². The Hall–Kier alpha value is -0.990. The van der Waals surface area contributed by atoms with Crippen molar-refractivity contribution in [3.63, 3.8) is 0 Å². The summed E-state index contributed by atoms with van der Waals surface area (Å²) in [6.45, 7) is 1.95. The van der Waals surface area contributed by atoms with Crippen molar-refractivity contribution in [3.05, 3.63) is 11.8 Å². The number of hydrogen-bond acceptors (Lipinski definition) is 2. The maximum atomic E-state index is 12.1. The second-order valence-corrected chi connectivity index (χ2v) is 5.13. The Morgan fingerprint density at radius 1 is 1.06 bits per heavy atom. The molecule has 0 radical (unpaired) electrons. The Morgan fingerprint density at radius 3 is 2.00 bits per heavy atom. The molecule has 0 aromatic heterocycles. The van der Waals surface area contributed by atoms with Crippen molar-refractivity contribution < 1.29 is 4.79 Å². The van der Waals surface area contributed by atoms with Crippen LogP contribution in [0.2, 0.25) is 0 Å². The van der Waals surface area contributed by atoms with E-state index in [1.807, 2.05) is 27.1 Å². The first kappa shape index (κ1) is 14.1. The molecule has 1 saturated carbocycles. The fraction of sp³-hybridized carbons (Fsp3) is 0.786. The smallest absolute Gasteiger partial charge is 0.269 e. The highest BCUT2D eigenvalue weighted by Crippen LogP contribution is 2.23. The minimum atomic E-state index is 0.110. The molecule has 3 heteroatoms. The van der Waals surface area contributed by atoms with E-state index in [0.717, 1.165) is 5.70 Å². The molecular formula is C14H26N2O. The zero-order valence-corrected chi connectivity index (χ0v) is 11.7. The Balaban J connectivity index is 2.71. The molecule has 98 valence electrons. The van der Waals surface area contributed by atoms with Gasteiger partial charge in [0.15, 0.2) is 0 Å². The van der Waals surface area contributed by atoms with Crippen LogP contribution in [0.1, 0.15) is 45.4 Å². The lowest BCUT2D eigenvalue weighted by Gasteiger charge is -2.31. The maximum Gasteiger partial charge on any atom is 0.269 e. The largest absolute Gasteiger partial charge is 0.367 e. The first-order valence-corrected chi connectivity index (χ1v) is 6.68. The SMILES string of the molecule is CC=C(C(=O)N(C)C)N(C)C1CCCCCC1. The molecule has 0 atom stereocenters. The number of likely N-dealkylation sites (N-methyl/N-ethyl adjacent to an activating group) is 2. The quantitative estimate of drug-likeness (QED) is 0.557. The molecule has 1 aliphatic carbocycles. The van der Waals surface area contributed by atoms with Crippen LogP contribution in [0.3, 0.4) is 0 Å². The van der Waals surface area contributed by atoms with Gasteiger partial charge in [0, 0.05) is 27.2 Å². The fourth-order valence-electron chi connectivity index (χ4n) is 2.55. The van der Waals surface area contributed by atoms with Crippen LogP contribution in [-0.4, -0.2) is 42.9 Å². The average Bonchev–Trinajstić information content (AvgIpc) is 2.57. The van der Waals surface area contributed by atoms with Crippen LogP contribution in [0.15, 0.2) is 11.8 Å². The molecule has 1 fully saturated rings. The van der Waals surface area contributed by atoms with Gasteiger partial charge in [0.1, 0.15) is 0 Å². The second-order valence-electron chi connectivity index (χ2n) is 5.13. The van der Waals surface area contributed by atoms with E-state index in [0.29, 0.717) is 6.04 Å². The molecule has 0 spiro atoms. The van der Waals surface area contributed by atoms with Crippen molar-refractivity contribution in [2.75, 3.05) is 21.1 Å². The molecule has 0 N–H and O–H groups in total. The lowest BCUT2D eigenvalue weighted by Crippen LogP contribution is -2.38. The molecule has 0 saturated heterocycles. The molecule has 0 unspecified atom stereocenters. The van der Waals surface area contributed by atoms with Gasteiger partial charge in [-0.15, -0.1) is 0 Å². The number of carbonyl (C=O) groups is 1. The third kappa shape index (κ3) is 3.76. The van der Waals surface area contributed by atoms with E-state index in [9.17, 15) is 4.79 Å². The predicted octanol–water partition coefficient (Wildman–Crippen LogP) is 2.63. The molecule has 17 heavy (non-hydrogen) atoms. The summed E-state index contributed by atoms with van der Waals surface area (Å²) in [5.41, 5.74) is 0.835. The summed E-state index contributed by atoms with van der Waals surface area (Å²) < 4.78 is 0. The Kier molecular flexibility index (Phi) is 5.52. The highest BCUT2D eigenvalue weighted by Gasteiger charge is 2.23. The molecule has 0 aromatic rings. The van der Waals surface area contributed by atoms with Crippen LogP contribution >= 0.6 is 0 Å². The zero-order chi connectivity index (χ0) is 12.8. The lowest BCUT2D eigenvalue weighted by molar-refractivity contribution is -0.126. The lowest BCUT2D eigenvalue weighted by atomic mass is 10.1. The molecule has 3 nitrogen and oxygen atoms in total. The highest BCUT2D eigenvalue weighted by molar-refractivity contribution is 5.92. The molecule has 0 heterocycles. The van der Waals surface area contributed by atoms with Crippen LogP contribution in [0.5, 0.6) is 0 Å². The highest BCUT2D eigenvalue weighted by atomic mass is 16.2. The Bertz CT molecular complexity index is 276. The van der Waals surface area contributed by atoms with E-state index in [2.05, 4.69) is 11.9 Å². The second kappa shape index (κ2) is 6.67. The van der Waals surface area contributed by atoms with Crippen molar-refractivity contribution >= 4 is 5.91 Å². The summed E-state index contributed by atoms with van der Waals surface area (Å²) >= 11 is 0. The van der Waals surface area contributed by atoms with Gasteiger partial charge < -0.3 is 9.80 Å². The Morgan fingerprint density at radius 2 is 1.59 bits per heavy atom. The van der Waals surface area contributed by atoms with Crippen molar-refractivity contribution in [2.24, 2.45) is 0 Å².